The number of amides is 1. The summed E-state index contributed by atoms with van der Waals surface area (Å²) in [6.07, 6.45) is 0.0995. The van der Waals surface area contributed by atoms with Crippen LogP contribution in [0, 0.1) is 0 Å². The van der Waals surface area contributed by atoms with Crippen molar-refractivity contribution >= 4 is 27.6 Å². The van der Waals surface area contributed by atoms with E-state index in [-0.39, 0.29) is 17.5 Å². The number of fused-ring (bicyclic) bond motifs is 1. The molecule has 208 valence electrons. The van der Waals surface area contributed by atoms with E-state index in [9.17, 15) is 26.4 Å². The number of anilines is 2. The van der Waals surface area contributed by atoms with Crippen LogP contribution < -0.4 is 9.62 Å². The fraction of sp³-hybridized carbons (Fsp3) is 0.583. The standard InChI is InChI=1S/C24H32F3N7O3S/c1-38(36,37)29-22-6-8-34(28-22)23(35)32-11-9-30(10-12-32)16-18-4-5-20(24(25,26)27)21(15-18)33-14-13-31-7-2-3-19(31)17-33/h4-6,8,15,19H,2-3,7,9-14,16-17H2,1H3,(H,28,29). The first-order chi connectivity index (χ1) is 18.0. The Labute approximate surface area is 220 Å². The van der Waals surface area contributed by atoms with Crippen LogP contribution >= 0.6 is 0 Å². The molecular formula is C24H32F3N7O3S. The van der Waals surface area contributed by atoms with E-state index in [2.05, 4.69) is 19.6 Å². The van der Waals surface area contributed by atoms with Crippen LogP contribution in [0.2, 0.25) is 0 Å². The van der Waals surface area contributed by atoms with E-state index in [4.69, 9.17) is 0 Å². The van der Waals surface area contributed by atoms with Crippen LogP contribution in [0.15, 0.2) is 30.5 Å². The molecule has 0 bridgehead atoms. The van der Waals surface area contributed by atoms with Crippen LogP contribution in [0.5, 0.6) is 0 Å². The fourth-order valence-electron chi connectivity index (χ4n) is 5.56. The van der Waals surface area contributed by atoms with E-state index in [1.165, 1.54) is 18.3 Å². The zero-order valence-corrected chi connectivity index (χ0v) is 22.0. The number of carbonyl (C=O) groups is 1. The molecule has 0 saturated carbocycles. The number of nitrogens with zero attached hydrogens (tertiary/aromatic N) is 6. The highest BCUT2D eigenvalue weighted by Crippen LogP contribution is 2.39. The van der Waals surface area contributed by atoms with E-state index in [0.717, 1.165) is 42.4 Å². The van der Waals surface area contributed by atoms with Crippen LogP contribution in [0.4, 0.5) is 29.5 Å². The Morgan fingerprint density at radius 3 is 2.55 bits per heavy atom. The molecule has 3 saturated heterocycles. The fourth-order valence-corrected chi connectivity index (χ4v) is 6.05. The lowest BCUT2D eigenvalue weighted by Crippen LogP contribution is -2.50. The van der Waals surface area contributed by atoms with Crippen LogP contribution in [0.25, 0.3) is 0 Å². The Kier molecular flexibility index (Phi) is 7.31. The van der Waals surface area contributed by atoms with Gasteiger partial charge in [-0.15, -0.1) is 5.10 Å². The Balaban J connectivity index is 1.22. The minimum Gasteiger partial charge on any atom is -0.368 e. The molecule has 3 aliphatic heterocycles. The van der Waals surface area contributed by atoms with Gasteiger partial charge in [-0.05, 0) is 37.1 Å². The molecule has 1 amide bonds. The third-order valence-corrected chi connectivity index (χ3v) is 8.00. The average Bonchev–Trinajstić information content (AvgIpc) is 3.51. The molecule has 38 heavy (non-hydrogen) atoms. The lowest BCUT2D eigenvalue weighted by atomic mass is 10.0. The molecule has 5 rings (SSSR count). The molecule has 0 aliphatic carbocycles. The second kappa shape index (κ2) is 10.4. The number of hydrogen-bond donors (Lipinski definition) is 1. The van der Waals surface area contributed by atoms with E-state index in [0.29, 0.717) is 51.9 Å². The topological polar surface area (TPSA) is 94.0 Å². The SMILES string of the molecule is CS(=O)(=O)Nc1ccn(C(=O)N2CCN(Cc3ccc(C(F)(F)F)c(N4CCN5CCCC5C4)c3)CC2)n1. The number of halogens is 3. The predicted octanol–water partition coefficient (Wildman–Crippen LogP) is 2.34. The van der Waals surface area contributed by atoms with Gasteiger partial charge >= 0.3 is 12.2 Å². The molecule has 1 aromatic heterocycles. The summed E-state index contributed by atoms with van der Waals surface area (Å²) in [5.41, 5.74) is 0.477. The summed E-state index contributed by atoms with van der Waals surface area (Å²) in [7, 11) is -3.50. The number of nitrogens with one attached hydrogen (secondary N) is 1. The van der Waals surface area contributed by atoms with Crippen LogP contribution in [-0.4, -0.2) is 104 Å². The van der Waals surface area contributed by atoms with Crippen molar-refractivity contribution in [3.8, 4) is 0 Å². The zero-order valence-electron chi connectivity index (χ0n) is 21.2. The van der Waals surface area contributed by atoms with Crippen molar-refractivity contribution in [1.29, 1.82) is 0 Å². The van der Waals surface area contributed by atoms with Crippen LogP contribution in [0.3, 0.4) is 0 Å². The first-order valence-corrected chi connectivity index (χ1v) is 14.6. The van der Waals surface area contributed by atoms with Crippen LogP contribution in [-0.2, 0) is 22.7 Å². The molecule has 10 nitrogen and oxygen atoms in total. The van der Waals surface area contributed by atoms with E-state index in [1.54, 1.807) is 17.0 Å². The van der Waals surface area contributed by atoms with Gasteiger partial charge in [-0.2, -0.15) is 17.9 Å². The number of hydrogen-bond acceptors (Lipinski definition) is 7. The van der Waals surface area contributed by atoms with Gasteiger partial charge in [0.25, 0.3) is 0 Å². The van der Waals surface area contributed by atoms with Crippen molar-refractivity contribution in [1.82, 2.24) is 24.5 Å². The van der Waals surface area contributed by atoms with E-state index < -0.39 is 21.8 Å². The molecule has 1 N–H and O–H groups in total. The van der Waals surface area contributed by atoms with Gasteiger partial charge in [-0.1, -0.05) is 6.07 Å². The summed E-state index contributed by atoms with van der Waals surface area (Å²) >= 11 is 0. The molecule has 3 fully saturated rings. The molecule has 4 heterocycles. The van der Waals surface area contributed by atoms with Crippen LogP contribution in [0.1, 0.15) is 24.0 Å². The molecule has 1 unspecified atom stereocenters. The van der Waals surface area contributed by atoms with Gasteiger partial charge in [0.1, 0.15) is 0 Å². The second-order valence-electron chi connectivity index (χ2n) is 10.2. The van der Waals surface area contributed by atoms with Gasteiger partial charge in [0.15, 0.2) is 5.82 Å². The molecule has 0 spiro atoms. The van der Waals surface area contributed by atoms with Gasteiger partial charge in [0.05, 0.1) is 11.8 Å². The average molecular weight is 556 g/mol. The van der Waals surface area contributed by atoms with Crippen molar-refractivity contribution in [2.24, 2.45) is 0 Å². The summed E-state index contributed by atoms with van der Waals surface area (Å²) in [5.74, 6) is 0.0620. The number of carbonyl (C=O) groups excluding carboxylic acids is 1. The first kappa shape index (κ1) is 26.8. The number of benzene rings is 1. The Morgan fingerprint density at radius 2 is 1.84 bits per heavy atom. The first-order valence-electron chi connectivity index (χ1n) is 12.7. The summed E-state index contributed by atoms with van der Waals surface area (Å²) < 4.78 is 67.7. The summed E-state index contributed by atoms with van der Waals surface area (Å²) in [6, 6.07) is 5.79. The molecule has 0 radical (unpaired) electrons. The number of alkyl halides is 3. The summed E-state index contributed by atoms with van der Waals surface area (Å²) in [6.45, 7) is 5.44. The third kappa shape index (κ3) is 6.07. The highest BCUT2D eigenvalue weighted by atomic mass is 32.2. The summed E-state index contributed by atoms with van der Waals surface area (Å²) in [4.78, 5) is 20.8. The molecule has 1 aromatic carbocycles. The number of sulfonamides is 1. The lowest BCUT2D eigenvalue weighted by Gasteiger charge is -2.40. The minimum absolute atomic E-state index is 0.0620. The van der Waals surface area contributed by atoms with Gasteiger partial charge in [-0.3, -0.25) is 14.5 Å². The highest BCUT2D eigenvalue weighted by Gasteiger charge is 2.38. The third-order valence-electron chi connectivity index (χ3n) is 7.42. The summed E-state index contributed by atoms with van der Waals surface area (Å²) in [5, 5.41) is 3.98. The Hall–Kier alpha value is -2.84. The number of aromatic nitrogens is 2. The predicted molar refractivity (Wildman–Crippen MR) is 137 cm³/mol. The molecule has 14 heteroatoms. The number of rotatable bonds is 5. The van der Waals surface area contributed by atoms with Crippen molar-refractivity contribution < 1.29 is 26.4 Å². The molecular weight excluding hydrogens is 523 g/mol. The zero-order chi connectivity index (χ0) is 27.1. The minimum atomic E-state index is -4.42. The van der Waals surface area contributed by atoms with Crippen molar-refractivity contribution in [3.05, 3.63) is 41.6 Å². The normalized spacial score (nSPS) is 21.5. The van der Waals surface area contributed by atoms with Crippen molar-refractivity contribution in [2.75, 3.05) is 68.2 Å². The van der Waals surface area contributed by atoms with Crippen molar-refractivity contribution in [3.63, 3.8) is 0 Å². The van der Waals surface area contributed by atoms with E-state index in [1.807, 2.05) is 4.90 Å². The Bertz CT molecular complexity index is 1280. The monoisotopic (exact) mass is 555 g/mol. The van der Waals surface area contributed by atoms with Gasteiger partial charge in [-0.25, -0.2) is 13.2 Å². The molecule has 2 aromatic rings. The quantitative estimate of drug-likeness (QED) is 0.606. The van der Waals surface area contributed by atoms with E-state index >= 15 is 0 Å². The smallest absolute Gasteiger partial charge is 0.368 e. The second-order valence-corrected chi connectivity index (χ2v) is 11.9. The van der Waals surface area contributed by atoms with Gasteiger partial charge < -0.3 is 9.80 Å². The Morgan fingerprint density at radius 1 is 1.08 bits per heavy atom. The maximum Gasteiger partial charge on any atom is 0.418 e. The van der Waals surface area contributed by atoms with Gasteiger partial charge in [0, 0.05) is 76.4 Å². The maximum atomic E-state index is 13.9. The molecule has 3 aliphatic rings. The highest BCUT2D eigenvalue weighted by molar-refractivity contribution is 7.92. The maximum absolute atomic E-state index is 13.9. The number of piperazine rings is 2. The van der Waals surface area contributed by atoms with Crippen molar-refractivity contribution in [2.45, 2.75) is 31.6 Å². The lowest BCUT2D eigenvalue weighted by molar-refractivity contribution is -0.137. The molecule has 1 atom stereocenters. The van der Waals surface area contributed by atoms with Gasteiger partial charge in [0.2, 0.25) is 10.0 Å². The largest absolute Gasteiger partial charge is 0.418 e.